The topological polar surface area (TPSA) is 20.3 Å². The van der Waals surface area contributed by atoms with Gasteiger partial charge in [0.2, 0.25) is 5.91 Å². The van der Waals surface area contributed by atoms with Gasteiger partial charge in [-0.1, -0.05) is 51.1 Å². The van der Waals surface area contributed by atoms with Crippen molar-refractivity contribution in [2.75, 3.05) is 13.1 Å². The molecule has 1 aliphatic heterocycles. The van der Waals surface area contributed by atoms with Crippen LogP contribution in [0.25, 0.3) is 0 Å². The first-order chi connectivity index (χ1) is 8.59. The van der Waals surface area contributed by atoms with E-state index in [1.165, 1.54) is 5.56 Å². The Morgan fingerprint density at radius 3 is 2.50 bits per heavy atom. The van der Waals surface area contributed by atoms with E-state index in [0.717, 1.165) is 19.5 Å². The van der Waals surface area contributed by atoms with Crippen LogP contribution in [0.5, 0.6) is 0 Å². The minimum atomic E-state index is 0.138. The number of benzene rings is 1. The lowest BCUT2D eigenvalue weighted by atomic mass is 9.96. The second-order valence-corrected chi connectivity index (χ2v) is 5.71. The third kappa shape index (κ3) is 2.74. The molecule has 1 aliphatic rings. The Bertz CT molecular complexity index is 399. The highest BCUT2D eigenvalue weighted by molar-refractivity contribution is 5.79. The van der Waals surface area contributed by atoms with Crippen LogP contribution in [0.2, 0.25) is 0 Å². The monoisotopic (exact) mass is 245 g/mol. The standard InChI is InChI=1S/C16H23NO/c1-12(2)13(3)16(18)17-10-9-15(11-17)14-7-5-4-6-8-14/h4-8,12-13,15H,9-11H2,1-3H3/t13-,15+/m1/s1. The number of amides is 1. The number of hydrogen-bond acceptors (Lipinski definition) is 1. The molecule has 0 saturated carbocycles. The summed E-state index contributed by atoms with van der Waals surface area (Å²) in [6, 6.07) is 10.5. The molecule has 0 aromatic heterocycles. The Hall–Kier alpha value is -1.31. The van der Waals surface area contributed by atoms with Gasteiger partial charge in [-0.3, -0.25) is 4.79 Å². The fourth-order valence-corrected chi connectivity index (χ4v) is 2.53. The van der Waals surface area contributed by atoms with E-state index in [-0.39, 0.29) is 5.92 Å². The molecule has 1 aromatic rings. The van der Waals surface area contributed by atoms with Gasteiger partial charge in [0.05, 0.1) is 0 Å². The van der Waals surface area contributed by atoms with E-state index in [1.54, 1.807) is 0 Å². The lowest BCUT2D eigenvalue weighted by Crippen LogP contribution is -2.35. The predicted molar refractivity (Wildman–Crippen MR) is 74.4 cm³/mol. The Morgan fingerprint density at radius 2 is 1.89 bits per heavy atom. The number of carbonyl (C=O) groups is 1. The summed E-state index contributed by atoms with van der Waals surface area (Å²) >= 11 is 0. The van der Waals surface area contributed by atoms with E-state index in [4.69, 9.17) is 0 Å². The lowest BCUT2D eigenvalue weighted by Gasteiger charge is -2.23. The molecule has 2 rings (SSSR count). The van der Waals surface area contributed by atoms with Crippen molar-refractivity contribution >= 4 is 5.91 Å². The zero-order chi connectivity index (χ0) is 13.1. The number of rotatable bonds is 3. The zero-order valence-electron chi connectivity index (χ0n) is 11.6. The van der Waals surface area contributed by atoms with Crippen molar-refractivity contribution in [3.63, 3.8) is 0 Å². The van der Waals surface area contributed by atoms with Crippen LogP contribution in [0, 0.1) is 11.8 Å². The second-order valence-electron chi connectivity index (χ2n) is 5.71. The third-order valence-corrected chi connectivity index (χ3v) is 4.16. The molecule has 18 heavy (non-hydrogen) atoms. The highest BCUT2D eigenvalue weighted by Crippen LogP contribution is 2.28. The van der Waals surface area contributed by atoms with E-state index in [2.05, 4.69) is 38.1 Å². The molecule has 0 spiro atoms. The first-order valence-corrected chi connectivity index (χ1v) is 6.93. The molecule has 0 radical (unpaired) electrons. The molecule has 1 aromatic carbocycles. The van der Waals surface area contributed by atoms with E-state index in [1.807, 2.05) is 17.9 Å². The molecule has 98 valence electrons. The van der Waals surface area contributed by atoms with Crippen LogP contribution >= 0.6 is 0 Å². The largest absolute Gasteiger partial charge is 0.342 e. The highest BCUT2D eigenvalue weighted by Gasteiger charge is 2.30. The quantitative estimate of drug-likeness (QED) is 0.800. The minimum absolute atomic E-state index is 0.138. The molecule has 2 heteroatoms. The van der Waals surface area contributed by atoms with Gasteiger partial charge in [-0.2, -0.15) is 0 Å². The SMILES string of the molecule is CC(C)[C@@H](C)C(=O)N1CC[C@H](c2ccccc2)C1. The van der Waals surface area contributed by atoms with Gasteiger partial charge in [0, 0.05) is 24.9 Å². The van der Waals surface area contributed by atoms with Crippen LogP contribution in [-0.2, 0) is 4.79 Å². The van der Waals surface area contributed by atoms with Crippen molar-refractivity contribution < 1.29 is 4.79 Å². The molecule has 1 fully saturated rings. The molecule has 0 aliphatic carbocycles. The summed E-state index contributed by atoms with van der Waals surface area (Å²) in [7, 11) is 0. The lowest BCUT2D eigenvalue weighted by molar-refractivity contribution is -0.135. The summed E-state index contributed by atoms with van der Waals surface area (Å²) in [6.45, 7) is 8.08. The molecular formula is C16H23NO. The fourth-order valence-electron chi connectivity index (χ4n) is 2.53. The summed E-state index contributed by atoms with van der Waals surface area (Å²) in [6.07, 6.45) is 1.10. The van der Waals surface area contributed by atoms with Gasteiger partial charge < -0.3 is 4.90 Å². The molecule has 2 nitrogen and oxygen atoms in total. The molecule has 1 saturated heterocycles. The Labute approximate surface area is 110 Å². The van der Waals surface area contributed by atoms with Crippen LogP contribution in [-0.4, -0.2) is 23.9 Å². The average molecular weight is 245 g/mol. The average Bonchev–Trinajstić information content (AvgIpc) is 2.87. The van der Waals surface area contributed by atoms with E-state index in [9.17, 15) is 4.79 Å². The summed E-state index contributed by atoms with van der Waals surface area (Å²) in [5.41, 5.74) is 1.37. The number of hydrogen-bond donors (Lipinski definition) is 0. The van der Waals surface area contributed by atoms with Gasteiger partial charge in [0.1, 0.15) is 0 Å². The van der Waals surface area contributed by atoms with E-state index >= 15 is 0 Å². The van der Waals surface area contributed by atoms with Gasteiger partial charge >= 0.3 is 0 Å². The van der Waals surface area contributed by atoms with Crippen LogP contribution in [0.1, 0.15) is 38.7 Å². The molecule has 0 unspecified atom stereocenters. The maximum absolute atomic E-state index is 12.3. The fraction of sp³-hybridized carbons (Fsp3) is 0.562. The minimum Gasteiger partial charge on any atom is -0.342 e. The van der Waals surface area contributed by atoms with Crippen molar-refractivity contribution in [3.05, 3.63) is 35.9 Å². The van der Waals surface area contributed by atoms with Crippen molar-refractivity contribution in [2.24, 2.45) is 11.8 Å². The van der Waals surface area contributed by atoms with Crippen molar-refractivity contribution in [1.82, 2.24) is 4.90 Å². The first kappa shape index (κ1) is 13.1. The smallest absolute Gasteiger partial charge is 0.225 e. The molecule has 2 atom stereocenters. The van der Waals surface area contributed by atoms with Gasteiger partial charge in [0.25, 0.3) is 0 Å². The molecule has 1 heterocycles. The van der Waals surface area contributed by atoms with Crippen LogP contribution in [0.3, 0.4) is 0 Å². The van der Waals surface area contributed by atoms with Crippen LogP contribution in [0.15, 0.2) is 30.3 Å². The maximum Gasteiger partial charge on any atom is 0.225 e. The summed E-state index contributed by atoms with van der Waals surface area (Å²) in [5, 5.41) is 0. The van der Waals surface area contributed by atoms with Crippen molar-refractivity contribution in [2.45, 2.75) is 33.1 Å². The van der Waals surface area contributed by atoms with Gasteiger partial charge in [-0.25, -0.2) is 0 Å². The number of nitrogens with zero attached hydrogens (tertiary/aromatic N) is 1. The Balaban J connectivity index is 1.99. The Kier molecular flexibility index (Phi) is 4.05. The molecule has 0 N–H and O–H groups in total. The molecular weight excluding hydrogens is 222 g/mol. The predicted octanol–water partition coefficient (Wildman–Crippen LogP) is 3.29. The molecule has 0 bridgehead atoms. The number of likely N-dealkylation sites (tertiary alicyclic amines) is 1. The van der Waals surface area contributed by atoms with Gasteiger partial charge in [0.15, 0.2) is 0 Å². The van der Waals surface area contributed by atoms with Crippen LogP contribution in [0.4, 0.5) is 0 Å². The van der Waals surface area contributed by atoms with Gasteiger partial charge in [-0.05, 0) is 17.9 Å². The van der Waals surface area contributed by atoms with E-state index in [0.29, 0.717) is 17.7 Å². The Morgan fingerprint density at radius 1 is 1.22 bits per heavy atom. The maximum atomic E-state index is 12.3. The van der Waals surface area contributed by atoms with Crippen LogP contribution < -0.4 is 0 Å². The summed E-state index contributed by atoms with van der Waals surface area (Å²) < 4.78 is 0. The second kappa shape index (κ2) is 5.55. The number of carbonyl (C=O) groups excluding carboxylic acids is 1. The van der Waals surface area contributed by atoms with Crippen molar-refractivity contribution in [1.29, 1.82) is 0 Å². The molecule has 1 amide bonds. The zero-order valence-corrected chi connectivity index (χ0v) is 11.6. The highest BCUT2D eigenvalue weighted by atomic mass is 16.2. The van der Waals surface area contributed by atoms with Crippen molar-refractivity contribution in [3.8, 4) is 0 Å². The third-order valence-electron chi connectivity index (χ3n) is 4.16. The summed E-state index contributed by atoms with van der Waals surface area (Å²) in [5.74, 6) is 1.41. The van der Waals surface area contributed by atoms with E-state index < -0.39 is 0 Å². The normalized spacial score (nSPS) is 21.3. The van der Waals surface area contributed by atoms with Gasteiger partial charge in [-0.15, -0.1) is 0 Å². The summed E-state index contributed by atoms with van der Waals surface area (Å²) in [4.78, 5) is 14.3. The first-order valence-electron chi connectivity index (χ1n) is 6.93.